The summed E-state index contributed by atoms with van der Waals surface area (Å²) in [5.41, 5.74) is 0.786. The van der Waals surface area contributed by atoms with Gasteiger partial charge in [0.25, 0.3) is 0 Å². The van der Waals surface area contributed by atoms with Crippen LogP contribution >= 0.6 is 0 Å². The highest BCUT2D eigenvalue weighted by atomic mass is 19.1. The predicted octanol–water partition coefficient (Wildman–Crippen LogP) is 1.93. The van der Waals surface area contributed by atoms with Crippen molar-refractivity contribution >= 4 is 5.97 Å². The maximum absolute atomic E-state index is 13.1. The van der Waals surface area contributed by atoms with Crippen molar-refractivity contribution in [1.29, 1.82) is 0 Å². The molecule has 1 heterocycles. The molecule has 0 aliphatic rings. The van der Waals surface area contributed by atoms with Gasteiger partial charge in [0.05, 0.1) is 7.11 Å². The smallest absolute Gasteiger partial charge is 0.357 e. The maximum atomic E-state index is 13.1. The van der Waals surface area contributed by atoms with Crippen LogP contribution < -0.4 is 4.74 Å². The minimum Gasteiger partial charge on any atom is -0.496 e. The van der Waals surface area contributed by atoms with Gasteiger partial charge >= 0.3 is 5.97 Å². The Morgan fingerprint density at radius 1 is 1.44 bits per heavy atom. The number of aryl methyl sites for hydroxylation is 1. The summed E-state index contributed by atoms with van der Waals surface area (Å²) in [6, 6.07) is 3.92. The van der Waals surface area contributed by atoms with E-state index in [9.17, 15) is 9.18 Å². The van der Waals surface area contributed by atoms with Crippen molar-refractivity contribution in [1.82, 2.24) is 9.78 Å². The lowest BCUT2D eigenvalue weighted by Crippen LogP contribution is -2.01. The normalized spacial score (nSPS) is 10.4. The van der Waals surface area contributed by atoms with Crippen LogP contribution in [0.15, 0.2) is 24.4 Å². The zero-order valence-electron chi connectivity index (χ0n) is 9.85. The van der Waals surface area contributed by atoms with Crippen molar-refractivity contribution in [2.75, 3.05) is 7.11 Å². The lowest BCUT2D eigenvalue weighted by atomic mass is 10.1. The molecule has 0 saturated heterocycles. The quantitative estimate of drug-likeness (QED) is 0.904. The van der Waals surface area contributed by atoms with Crippen LogP contribution in [0, 0.1) is 5.82 Å². The molecule has 94 valence electrons. The van der Waals surface area contributed by atoms with Gasteiger partial charge in [-0.15, -0.1) is 0 Å². The van der Waals surface area contributed by atoms with Crippen LogP contribution in [0.1, 0.15) is 10.5 Å². The van der Waals surface area contributed by atoms with E-state index in [1.54, 1.807) is 13.2 Å². The highest BCUT2D eigenvalue weighted by molar-refractivity contribution is 5.94. The first-order valence-electron chi connectivity index (χ1n) is 5.13. The van der Waals surface area contributed by atoms with Crippen LogP contribution in [0.4, 0.5) is 4.39 Å². The van der Waals surface area contributed by atoms with Crippen molar-refractivity contribution in [2.24, 2.45) is 7.05 Å². The molecule has 1 aromatic carbocycles. The summed E-state index contributed by atoms with van der Waals surface area (Å²) >= 11 is 0. The van der Waals surface area contributed by atoms with E-state index in [1.165, 1.54) is 30.0 Å². The minimum absolute atomic E-state index is 0.0950. The number of nitrogens with zero attached hydrogens (tertiary/aromatic N) is 2. The number of hydrogen-bond acceptors (Lipinski definition) is 3. The number of aromatic nitrogens is 2. The van der Waals surface area contributed by atoms with Gasteiger partial charge in [-0.3, -0.25) is 4.68 Å². The first-order valence-corrected chi connectivity index (χ1v) is 5.13. The van der Waals surface area contributed by atoms with Gasteiger partial charge in [-0.2, -0.15) is 5.10 Å². The van der Waals surface area contributed by atoms with E-state index in [4.69, 9.17) is 9.84 Å². The largest absolute Gasteiger partial charge is 0.496 e. The highest BCUT2D eigenvalue weighted by Crippen LogP contribution is 2.32. The fraction of sp³-hybridized carbons (Fsp3) is 0.167. The van der Waals surface area contributed by atoms with E-state index in [1.807, 2.05) is 0 Å². The van der Waals surface area contributed by atoms with Crippen LogP contribution in [0.5, 0.6) is 5.75 Å². The molecule has 1 aromatic heterocycles. The Morgan fingerprint density at radius 2 is 2.17 bits per heavy atom. The molecule has 2 rings (SSSR count). The number of methoxy groups -OCH3 is 1. The van der Waals surface area contributed by atoms with Crippen LogP contribution in [0.3, 0.4) is 0 Å². The summed E-state index contributed by atoms with van der Waals surface area (Å²) in [6.07, 6.45) is 1.55. The van der Waals surface area contributed by atoms with Crippen LogP contribution in [-0.2, 0) is 7.05 Å². The third kappa shape index (κ3) is 2.04. The molecule has 0 unspecified atom stereocenters. The van der Waals surface area contributed by atoms with E-state index in [-0.39, 0.29) is 11.4 Å². The Morgan fingerprint density at radius 3 is 2.78 bits per heavy atom. The van der Waals surface area contributed by atoms with E-state index in [0.29, 0.717) is 11.1 Å². The summed E-state index contributed by atoms with van der Waals surface area (Å²) in [7, 11) is 3.01. The summed E-state index contributed by atoms with van der Waals surface area (Å²) < 4.78 is 19.5. The Balaban J connectivity index is 2.65. The molecule has 6 heteroatoms. The van der Waals surface area contributed by atoms with Crippen molar-refractivity contribution < 1.29 is 19.0 Å². The van der Waals surface area contributed by atoms with Gasteiger partial charge in [-0.25, -0.2) is 9.18 Å². The molecule has 0 aliphatic heterocycles. The molecule has 5 nitrogen and oxygen atoms in total. The number of carboxylic acid groups (broad SMARTS) is 1. The number of ether oxygens (including phenoxy) is 1. The second-order valence-electron chi connectivity index (χ2n) is 3.71. The van der Waals surface area contributed by atoms with Gasteiger partial charge in [0.1, 0.15) is 11.6 Å². The second-order valence-corrected chi connectivity index (χ2v) is 3.71. The summed E-state index contributed by atoms with van der Waals surface area (Å²) in [5, 5.41) is 12.9. The molecule has 0 radical (unpaired) electrons. The van der Waals surface area contributed by atoms with E-state index >= 15 is 0 Å². The van der Waals surface area contributed by atoms with E-state index < -0.39 is 11.8 Å². The molecular formula is C12H11FN2O3. The number of carbonyl (C=O) groups is 1. The van der Waals surface area contributed by atoms with Crippen molar-refractivity contribution in [3.8, 4) is 16.9 Å². The molecule has 2 aromatic rings. The highest BCUT2D eigenvalue weighted by Gasteiger charge is 2.19. The van der Waals surface area contributed by atoms with Gasteiger partial charge in [0.2, 0.25) is 0 Å². The maximum Gasteiger partial charge on any atom is 0.357 e. The molecule has 0 aliphatic carbocycles. The second kappa shape index (κ2) is 4.48. The van der Waals surface area contributed by atoms with Gasteiger partial charge in [-0.05, 0) is 12.1 Å². The first kappa shape index (κ1) is 12.1. The van der Waals surface area contributed by atoms with E-state index in [2.05, 4.69) is 5.10 Å². The lowest BCUT2D eigenvalue weighted by Gasteiger charge is -2.07. The molecule has 0 bridgehead atoms. The molecule has 0 atom stereocenters. The van der Waals surface area contributed by atoms with Crippen molar-refractivity contribution in [3.05, 3.63) is 35.9 Å². The zero-order chi connectivity index (χ0) is 13.3. The molecule has 0 amide bonds. The number of aromatic carboxylic acids is 1. The third-order valence-electron chi connectivity index (χ3n) is 2.49. The summed E-state index contributed by atoms with van der Waals surface area (Å²) in [6.45, 7) is 0. The average molecular weight is 250 g/mol. The minimum atomic E-state index is -1.14. The molecule has 18 heavy (non-hydrogen) atoms. The molecule has 1 N–H and O–H groups in total. The number of benzene rings is 1. The van der Waals surface area contributed by atoms with E-state index in [0.717, 1.165) is 0 Å². The van der Waals surface area contributed by atoms with Crippen molar-refractivity contribution in [3.63, 3.8) is 0 Å². The predicted molar refractivity (Wildman–Crippen MR) is 62.1 cm³/mol. The third-order valence-corrected chi connectivity index (χ3v) is 2.49. The van der Waals surface area contributed by atoms with Crippen LogP contribution in [0.2, 0.25) is 0 Å². The molecular weight excluding hydrogens is 239 g/mol. The Hall–Kier alpha value is -2.37. The van der Waals surface area contributed by atoms with Gasteiger partial charge in [0.15, 0.2) is 5.69 Å². The Labute approximate surface area is 102 Å². The topological polar surface area (TPSA) is 64.4 Å². The lowest BCUT2D eigenvalue weighted by molar-refractivity contribution is 0.0690. The zero-order valence-corrected chi connectivity index (χ0v) is 9.85. The van der Waals surface area contributed by atoms with Gasteiger partial charge in [0, 0.05) is 30.4 Å². The van der Waals surface area contributed by atoms with Crippen molar-refractivity contribution in [2.45, 2.75) is 0 Å². The standard InChI is InChI=1S/C12H11FN2O3/c1-15-6-9(11(14-15)12(16)17)8-4-3-7(13)5-10(8)18-2/h3-6H,1-2H3,(H,16,17). The average Bonchev–Trinajstić information content (AvgIpc) is 2.71. The monoisotopic (exact) mass is 250 g/mol. The summed E-state index contributed by atoms with van der Waals surface area (Å²) in [4.78, 5) is 11.1. The van der Waals surface area contributed by atoms with Crippen LogP contribution in [-0.4, -0.2) is 28.0 Å². The Kier molecular flexibility index (Phi) is 3.01. The summed E-state index contributed by atoms with van der Waals surface area (Å²) in [5.74, 6) is -1.32. The number of rotatable bonds is 3. The SMILES string of the molecule is COc1cc(F)ccc1-c1cn(C)nc1C(=O)O. The fourth-order valence-electron chi connectivity index (χ4n) is 1.73. The number of carboxylic acids is 1. The molecule has 0 spiro atoms. The molecule has 0 saturated carbocycles. The first-order chi connectivity index (χ1) is 8.52. The number of hydrogen-bond donors (Lipinski definition) is 1. The van der Waals surface area contributed by atoms with Gasteiger partial charge in [-0.1, -0.05) is 0 Å². The van der Waals surface area contributed by atoms with Gasteiger partial charge < -0.3 is 9.84 Å². The molecule has 0 fully saturated rings. The fourth-order valence-corrected chi connectivity index (χ4v) is 1.73. The van der Waals surface area contributed by atoms with Crippen LogP contribution in [0.25, 0.3) is 11.1 Å². The number of halogens is 1. The Bertz CT molecular complexity index is 607.